The lowest BCUT2D eigenvalue weighted by molar-refractivity contribution is 0.102. The molecule has 0 unspecified atom stereocenters. The number of benzene rings is 4. The molecule has 7 nitrogen and oxygen atoms in total. The fourth-order valence-electron chi connectivity index (χ4n) is 3.53. The first-order valence-corrected chi connectivity index (χ1v) is 13.8. The Morgan fingerprint density at radius 2 is 1.54 bits per heavy atom. The van der Waals surface area contributed by atoms with Gasteiger partial charge >= 0.3 is 0 Å². The molecule has 0 aliphatic heterocycles. The molecule has 0 radical (unpaired) electrons. The van der Waals surface area contributed by atoms with Crippen LogP contribution in [0.1, 0.15) is 15.9 Å². The molecule has 0 fully saturated rings. The van der Waals surface area contributed by atoms with Gasteiger partial charge < -0.3 is 14.8 Å². The number of hydrogen-bond acceptors (Lipinski definition) is 6. The van der Waals surface area contributed by atoms with Crippen LogP contribution < -0.4 is 19.5 Å². The van der Waals surface area contributed by atoms with Gasteiger partial charge in [-0.25, -0.2) is 8.42 Å². The lowest BCUT2D eigenvalue weighted by Crippen LogP contribution is -2.15. The second kappa shape index (κ2) is 11.9. The average Bonchev–Trinajstić information content (AvgIpc) is 2.92. The number of hydrogen-bond donors (Lipinski definition) is 2. The first-order chi connectivity index (χ1) is 17.9. The van der Waals surface area contributed by atoms with E-state index in [0.717, 1.165) is 10.6 Å². The van der Waals surface area contributed by atoms with Crippen LogP contribution >= 0.6 is 11.8 Å². The number of carbonyl (C=O) groups is 1. The maximum atomic E-state index is 13.0. The molecule has 37 heavy (non-hydrogen) atoms. The van der Waals surface area contributed by atoms with Gasteiger partial charge in [0.15, 0.2) is 0 Å². The second-order valence-corrected chi connectivity index (χ2v) is 10.6. The van der Waals surface area contributed by atoms with E-state index in [1.54, 1.807) is 42.1 Å². The van der Waals surface area contributed by atoms with Gasteiger partial charge in [-0.05, 0) is 54.1 Å². The molecular formula is C28H26N2O5S2. The molecule has 0 heterocycles. The molecule has 4 aromatic carbocycles. The molecule has 2 N–H and O–H groups in total. The summed E-state index contributed by atoms with van der Waals surface area (Å²) in [7, 11) is -0.963. The summed E-state index contributed by atoms with van der Waals surface area (Å²) in [6.45, 7) is 0. The lowest BCUT2D eigenvalue weighted by Gasteiger charge is -2.14. The highest BCUT2D eigenvalue weighted by atomic mass is 32.2. The number of carbonyl (C=O) groups excluding carboxylic acids is 1. The van der Waals surface area contributed by atoms with Crippen LogP contribution in [0, 0.1) is 0 Å². The Bertz CT molecular complexity index is 1470. The molecule has 0 spiro atoms. The predicted octanol–water partition coefficient (Wildman–Crippen LogP) is 6.05. The summed E-state index contributed by atoms with van der Waals surface area (Å²) in [5.74, 6) is 1.31. The van der Waals surface area contributed by atoms with Gasteiger partial charge in [0.1, 0.15) is 11.5 Å². The van der Waals surface area contributed by atoms with Crippen molar-refractivity contribution in [2.24, 2.45) is 0 Å². The Labute approximate surface area is 220 Å². The zero-order valence-corrected chi connectivity index (χ0v) is 21.9. The highest BCUT2D eigenvalue weighted by Crippen LogP contribution is 2.31. The minimum Gasteiger partial charge on any atom is -0.497 e. The summed E-state index contributed by atoms with van der Waals surface area (Å²) in [5.41, 5.74) is 2.45. The monoisotopic (exact) mass is 534 g/mol. The minimum absolute atomic E-state index is 0.0363. The van der Waals surface area contributed by atoms with Crippen molar-refractivity contribution in [3.63, 3.8) is 0 Å². The molecule has 0 saturated carbocycles. The van der Waals surface area contributed by atoms with Crippen molar-refractivity contribution in [3.8, 4) is 11.5 Å². The molecular weight excluding hydrogens is 508 g/mol. The first kappa shape index (κ1) is 26.1. The van der Waals surface area contributed by atoms with E-state index in [1.165, 1.54) is 38.0 Å². The molecule has 9 heteroatoms. The van der Waals surface area contributed by atoms with E-state index < -0.39 is 10.0 Å². The Balaban J connectivity index is 1.46. The summed E-state index contributed by atoms with van der Waals surface area (Å²) < 4.78 is 38.9. The van der Waals surface area contributed by atoms with Crippen LogP contribution in [0.15, 0.2) is 107 Å². The number of sulfonamides is 1. The van der Waals surface area contributed by atoms with E-state index in [1.807, 2.05) is 48.5 Å². The van der Waals surface area contributed by atoms with Gasteiger partial charge in [0.2, 0.25) is 0 Å². The van der Waals surface area contributed by atoms with Crippen molar-refractivity contribution < 1.29 is 22.7 Å². The summed E-state index contributed by atoms with van der Waals surface area (Å²) in [6, 6.07) is 28.2. The zero-order chi connectivity index (χ0) is 26.3. The topological polar surface area (TPSA) is 93.7 Å². The number of amides is 1. The van der Waals surface area contributed by atoms with Gasteiger partial charge in [-0.15, -0.1) is 11.8 Å². The molecule has 4 rings (SSSR count). The van der Waals surface area contributed by atoms with Crippen LogP contribution in [0.4, 0.5) is 11.4 Å². The summed E-state index contributed by atoms with van der Waals surface area (Å²) in [5, 5.41) is 2.85. The van der Waals surface area contributed by atoms with E-state index >= 15 is 0 Å². The maximum Gasteiger partial charge on any atom is 0.262 e. The molecule has 190 valence electrons. The molecule has 0 saturated heterocycles. The molecule has 1 amide bonds. The van der Waals surface area contributed by atoms with Gasteiger partial charge in [0, 0.05) is 22.4 Å². The molecule has 0 atom stereocenters. The molecule has 0 bridgehead atoms. The summed E-state index contributed by atoms with van der Waals surface area (Å²) >= 11 is 1.58. The predicted molar refractivity (Wildman–Crippen MR) is 147 cm³/mol. The number of methoxy groups -OCH3 is 2. The highest BCUT2D eigenvalue weighted by Gasteiger charge is 2.18. The highest BCUT2D eigenvalue weighted by molar-refractivity contribution is 7.98. The van der Waals surface area contributed by atoms with Crippen molar-refractivity contribution in [3.05, 3.63) is 108 Å². The Hall–Kier alpha value is -3.95. The largest absolute Gasteiger partial charge is 0.497 e. The van der Waals surface area contributed by atoms with Crippen molar-refractivity contribution in [1.29, 1.82) is 0 Å². The van der Waals surface area contributed by atoms with E-state index in [4.69, 9.17) is 9.47 Å². The second-order valence-electron chi connectivity index (χ2n) is 7.92. The van der Waals surface area contributed by atoms with Crippen molar-refractivity contribution in [1.82, 2.24) is 0 Å². The van der Waals surface area contributed by atoms with Crippen LogP contribution in [-0.2, 0) is 15.8 Å². The van der Waals surface area contributed by atoms with Crippen LogP contribution in [-0.4, -0.2) is 28.5 Å². The van der Waals surface area contributed by atoms with E-state index in [-0.39, 0.29) is 16.5 Å². The van der Waals surface area contributed by atoms with Gasteiger partial charge in [-0.3, -0.25) is 9.52 Å². The van der Waals surface area contributed by atoms with E-state index in [9.17, 15) is 13.2 Å². The fourth-order valence-corrected chi connectivity index (χ4v) is 5.60. The fraction of sp³-hybridized carbons (Fsp3) is 0.107. The lowest BCUT2D eigenvalue weighted by atomic mass is 10.2. The number of rotatable bonds is 10. The Kier molecular flexibility index (Phi) is 8.37. The third-order valence-corrected chi connectivity index (χ3v) is 7.97. The summed E-state index contributed by atoms with van der Waals surface area (Å²) in [4.78, 5) is 13.9. The van der Waals surface area contributed by atoms with E-state index in [0.29, 0.717) is 22.7 Å². The smallest absolute Gasteiger partial charge is 0.262 e. The average molecular weight is 535 g/mol. The van der Waals surface area contributed by atoms with Gasteiger partial charge in [0.05, 0.1) is 30.4 Å². The Morgan fingerprint density at radius 1 is 0.838 bits per heavy atom. The normalized spacial score (nSPS) is 11.0. The van der Waals surface area contributed by atoms with Crippen molar-refractivity contribution in [2.45, 2.75) is 15.5 Å². The van der Waals surface area contributed by atoms with Crippen LogP contribution in [0.5, 0.6) is 11.5 Å². The SMILES string of the molecule is COc1ccc(OC)c(NS(=O)(=O)c2ccc(NC(=O)c3ccccc3SCc3ccccc3)cc2)c1. The minimum atomic E-state index is -3.91. The number of nitrogens with one attached hydrogen (secondary N) is 2. The number of ether oxygens (including phenoxy) is 2. The quantitative estimate of drug-likeness (QED) is 0.241. The molecule has 4 aromatic rings. The van der Waals surface area contributed by atoms with Gasteiger partial charge in [-0.1, -0.05) is 42.5 Å². The zero-order valence-electron chi connectivity index (χ0n) is 20.3. The van der Waals surface area contributed by atoms with Gasteiger partial charge in [0.25, 0.3) is 15.9 Å². The van der Waals surface area contributed by atoms with Crippen LogP contribution in [0.2, 0.25) is 0 Å². The van der Waals surface area contributed by atoms with Crippen LogP contribution in [0.3, 0.4) is 0 Å². The maximum absolute atomic E-state index is 13.0. The standard InChI is InChI=1S/C28H26N2O5S2/c1-34-22-14-17-26(35-2)25(18-22)30-37(32,33)23-15-12-21(13-16-23)29-28(31)24-10-6-7-11-27(24)36-19-20-8-4-3-5-9-20/h3-18,30H,19H2,1-2H3,(H,29,31). The Morgan fingerprint density at radius 3 is 2.24 bits per heavy atom. The van der Waals surface area contributed by atoms with Crippen LogP contribution in [0.25, 0.3) is 0 Å². The molecule has 0 aromatic heterocycles. The van der Waals surface area contributed by atoms with Crippen molar-refractivity contribution >= 4 is 39.1 Å². The molecule has 0 aliphatic rings. The molecule has 0 aliphatic carbocycles. The third kappa shape index (κ3) is 6.63. The summed E-state index contributed by atoms with van der Waals surface area (Å²) in [6.07, 6.45) is 0. The number of thioether (sulfide) groups is 1. The van der Waals surface area contributed by atoms with Crippen molar-refractivity contribution in [2.75, 3.05) is 24.3 Å². The first-order valence-electron chi connectivity index (χ1n) is 11.3. The van der Waals surface area contributed by atoms with Gasteiger partial charge in [-0.2, -0.15) is 0 Å². The third-order valence-electron chi connectivity index (χ3n) is 5.44. The number of anilines is 2. The van der Waals surface area contributed by atoms with E-state index in [2.05, 4.69) is 10.0 Å².